The molecule has 3 rings (SSSR count). The van der Waals surface area contributed by atoms with Crippen LogP contribution in [0.3, 0.4) is 0 Å². The van der Waals surface area contributed by atoms with Crippen LogP contribution in [0.5, 0.6) is 0 Å². The molecule has 184 valence electrons. The third-order valence-electron chi connectivity index (χ3n) is 6.30. The number of ether oxygens (including phenoxy) is 4. The van der Waals surface area contributed by atoms with Crippen LogP contribution in [0.25, 0.3) is 0 Å². The van der Waals surface area contributed by atoms with Gasteiger partial charge < -0.3 is 29.4 Å². The van der Waals surface area contributed by atoms with Crippen LogP contribution < -0.4 is 5.32 Å². The molecule has 6 atom stereocenters. The molecule has 0 spiro atoms. The maximum atomic E-state index is 11.8. The number of rotatable bonds is 11. The number of esters is 1. The van der Waals surface area contributed by atoms with E-state index in [1.165, 1.54) is 14.0 Å². The Labute approximate surface area is 195 Å². The van der Waals surface area contributed by atoms with E-state index in [1.54, 1.807) is 0 Å². The van der Waals surface area contributed by atoms with E-state index in [1.807, 2.05) is 30.3 Å². The van der Waals surface area contributed by atoms with Crippen molar-refractivity contribution in [3.05, 3.63) is 35.9 Å². The molecule has 1 aromatic rings. The van der Waals surface area contributed by atoms with Gasteiger partial charge in [0.1, 0.15) is 18.3 Å². The fourth-order valence-electron chi connectivity index (χ4n) is 4.57. The summed E-state index contributed by atoms with van der Waals surface area (Å²) in [5.41, 5.74) is 0.882. The zero-order chi connectivity index (χ0) is 23.6. The van der Waals surface area contributed by atoms with Gasteiger partial charge in [0.2, 0.25) is 5.91 Å². The standard InChI is InChI=1S/C25H37NO7/c1-17(27)26-22-19(14-10-5-3-4-6-11-15-21(28)30-2)32-20-16-31-25(33-24(20)23(22)29)18-12-8-7-9-13-18/h7-9,12-13,19-20,22-25,29H,3-6,10-11,14-16H2,1-2H3,(H,26,27)/t19-,20+,22-,23+,24+,25?/m0/s1. The first-order valence-electron chi connectivity index (χ1n) is 12.0. The maximum Gasteiger partial charge on any atom is 0.305 e. The van der Waals surface area contributed by atoms with E-state index in [0.29, 0.717) is 13.0 Å². The summed E-state index contributed by atoms with van der Waals surface area (Å²) >= 11 is 0. The van der Waals surface area contributed by atoms with Crippen LogP contribution in [-0.2, 0) is 28.5 Å². The van der Waals surface area contributed by atoms with Crippen LogP contribution in [0.1, 0.15) is 70.1 Å². The topological polar surface area (TPSA) is 103 Å². The van der Waals surface area contributed by atoms with Crippen molar-refractivity contribution in [2.75, 3.05) is 13.7 Å². The van der Waals surface area contributed by atoms with Gasteiger partial charge in [0.05, 0.1) is 25.9 Å². The predicted molar refractivity (Wildman–Crippen MR) is 121 cm³/mol. The minimum atomic E-state index is -0.883. The molecule has 0 radical (unpaired) electrons. The number of unbranched alkanes of at least 4 members (excludes halogenated alkanes) is 5. The molecule has 0 aliphatic carbocycles. The molecule has 8 nitrogen and oxygen atoms in total. The van der Waals surface area contributed by atoms with E-state index < -0.39 is 24.5 Å². The number of methoxy groups -OCH3 is 1. The van der Waals surface area contributed by atoms with Gasteiger partial charge in [-0.2, -0.15) is 0 Å². The molecule has 2 N–H and O–H groups in total. The Balaban J connectivity index is 1.48. The van der Waals surface area contributed by atoms with E-state index in [0.717, 1.165) is 50.5 Å². The van der Waals surface area contributed by atoms with Crippen molar-refractivity contribution in [2.24, 2.45) is 0 Å². The highest BCUT2D eigenvalue weighted by Gasteiger charge is 2.49. The van der Waals surface area contributed by atoms with E-state index in [4.69, 9.17) is 14.2 Å². The van der Waals surface area contributed by atoms with Gasteiger partial charge in [0, 0.05) is 18.9 Å². The van der Waals surface area contributed by atoms with Crippen LogP contribution >= 0.6 is 0 Å². The Morgan fingerprint density at radius 2 is 1.76 bits per heavy atom. The van der Waals surface area contributed by atoms with Gasteiger partial charge in [-0.1, -0.05) is 62.4 Å². The molecule has 2 saturated heterocycles. The molecule has 1 amide bonds. The summed E-state index contributed by atoms with van der Waals surface area (Å²) in [5.74, 6) is -0.362. The molecule has 2 heterocycles. The highest BCUT2D eigenvalue weighted by molar-refractivity contribution is 5.73. The number of amides is 1. The predicted octanol–water partition coefficient (Wildman–Crippen LogP) is 3.03. The van der Waals surface area contributed by atoms with Gasteiger partial charge in [0.15, 0.2) is 6.29 Å². The van der Waals surface area contributed by atoms with Gasteiger partial charge >= 0.3 is 5.97 Å². The molecular formula is C25H37NO7. The highest BCUT2D eigenvalue weighted by Crippen LogP contribution is 2.35. The lowest BCUT2D eigenvalue weighted by Crippen LogP contribution is -2.66. The summed E-state index contributed by atoms with van der Waals surface area (Å²) in [7, 11) is 1.41. The lowest BCUT2D eigenvalue weighted by Gasteiger charge is -2.48. The Hall–Kier alpha value is -2.00. The fourth-order valence-corrected chi connectivity index (χ4v) is 4.57. The summed E-state index contributed by atoms with van der Waals surface area (Å²) in [6, 6.07) is 9.07. The molecule has 1 aromatic carbocycles. The SMILES string of the molecule is COC(=O)CCCCCCCC[C@@H]1O[C@@H]2COC(c3ccccc3)O[C@H]2[C@H](O)[C@H]1NC(C)=O. The molecule has 0 saturated carbocycles. The van der Waals surface area contributed by atoms with E-state index in [-0.39, 0.29) is 24.1 Å². The third-order valence-corrected chi connectivity index (χ3v) is 6.30. The molecule has 2 fully saturated rings. The molecule has 1 unspecified atom stereocenters. The number of hydrogen-bond acceptors (Lipinski definition) is 7. The van der Waals surface area contributed by atoms with Gasteiger partial charge in [-0.05, 0) is 12.8 Å². The minimum Gasteiger partial charge on any atom is -0.469 e. The first-order valence-corrected chi connectivity index (χ1v) is 12.0. The molecule has 0 bridgehead atoms. The summed E-state index contributed by atoms with van der Waals surface area (Å²) in [6.07, 6.45) is 4.43. The van der Waals surface area contributed by atoms with Crippen molar-refractivity contribution in [1.82, 2.24) is 5.32 Å². The van der Waals surface area contributed by atoms with Crippen molar-refractivity contribution >= 4 is 11.9 Å². The minimum absolute atomic E-state index is 0.156. The van der Waals surface area contributed by atoms with Crippen molar-refractivity contribution in [3.8, 4) is 0 Å². The first kappa shape index (κ1) is 25.6. The number of aliphatic hydroxyl groups excluding tert-OH is 1. The number of hydrogen-bond donors (Lipinski definition) is 2. The monoisotopic (exact) mass is 463 g/mol. The Morgan fingerprint density at radius 1 is 1.06 bits per heavy atom. The largest absolute Gasteiger partial charge is 0.469 e. The molecule has 2 aliphatic heterocycles. The summed E-state index contributed by atoms with van der Waals surface area (Å²) in [6.45, 7) is 1.77. The molecule has 2 aliphatic rings. The van der Waals surface area contributed by atoms with Crippen LogP contribution in [-0.4, -0.2) is 61.2 Å². The second-order valence-corrected chi connectivity index (χ2v) is 8.84. The number of carbonyl (C=O) groups is 2. The number of aliphatic hydroxyl groups is 1. The van der Waals surface area contributed by atoms with E-state index in [9.17, 15) is 14.7 Å². The van der Waals surface area contributed by atoms with Gasteiger partial charge in [-0.25, -0.2) is 0 Å². The Kier molecular flexibility index (Phi) is 10.1. The van der Waals surface area contributed by atoms with Crippen molar-refractivity contribution in [1.29, 1.82) is 0 Å². The zero-order valence-electron chi connectivity index (χ0n) is 19.6. The zero-order valence-corrected chi connectivity index (χ0v) is 19.6. The lowest BCUT2D eigenvalue weighted by molar-refractivity contribution is -0.315. The van der Waals surface area contributed by atoms with Crippen LogP contribution in [0.15, 0.2) is 30.3 Å². The lowest BCUT2D eigenvalue weighted by atomic mass is 9.89. The average molecular weight is 464 g/mol. The highest BCUT2D eigenvalue weighted by atomic mass is 16.7. The van der Waals surface area contributed by atoms with Gasteiger partial charge in [0.25, 0.3) is 0 Å². The Bertz CT molecular complexity index is 744. The molecule has 8 heteroatoms. The van der Waals surface area contributed by atoms with Crippen molar-refractivity contribution in [2.45, 2.75) is 95.0 Å². The average Bonchev–Trinajstić information content (AvgIpc) is 2.83. The van der Waals surface area contributed by atoms with Crippen molar-refractivity contribution < 1.29 is 33.6 Å². The van der Waals surface area contributed by atoms with Gasteiger partial charge in [-0.15, -0.1) is 0 Å². The van der Waals surface area contributed by atoms with Crippen LogP contribution in [0, 0.1) is 0 Å². The number of benzene rings is 1. The van der Waals surface area contributed by atoms with Crippen molar-refractivity contribution in [3.63, 3.8) is 0 Å². The second-order valence-electron chi connectivity index (χ2n) is 8.84. The van der Waals surface area contributed by atoms with Crippen LogP contribution in [0.4, 0.5) is 0 Å². The summed E-state index contributed by atoms with van der Waals surface area (Å²) in [4.78, 5) is 23.0. The normalized spacial score (nSPS) is 29.2. The van der Waals surface area contributed by atoms with Gasteiger partial charge in [-0.3, -0.25) is 9.59 Å². The smallest absolute Gasteiger partial charge is 0.305 e. The quantitative estimate of drug-likeness (QED) is 0.384. The number of fused-ring (bicyclic) bond motifs is 1. The maximum absolute atomic E-state index is 11.8. The van der Waals surface area contributed by atoms with E-state index in [2.05, 4.69) is 10.1 Å². The fraction of sp³-hybridized carbons (Fsp3) is 0.680. The third kappa shape index (κ3) is 7.50. The number of carbonyl (C=O) groups excluding carboxylic acids is 2. The summed E-state index contributed by atoms with van der Waals surface area (Å²) in [5, 5.41) is 14.0. The molecule has 33 heavy (non-hydrogen) atoms. The molecular weight excluding hydrogens is 426 g/mol. The Morgan fingerprint density at radius 3 is 2.45 bits per heavy atom. The number of nitrogens with one attached hydrogen (secondary N) is 1. The van der Waals surface area contributed by atoms with E-state index >= 15 is 0 Å². The van der Waals surface area contributed by atoms with Crippen LogP contribution in [0.2, 0.25) is 0 Å². The molecule has 0 aromatic heterocycles. The second kappa shape index (κ2) is 13.0. The summed E-state index contributed by atoms with van der Waals surface area (Å²) < 4.78 is 22.9. The first-order chi connectivity index (χ1) is 16.0.